The number of carbonyl (C=O) groups excluding carboxylic acids is 1. The summed E-state index contributed by atoms with van der Waals surface area (Å²) in [7, 11) is 1.89. The van der Waals surface area contributed by atoms with Crippen LogP contribution in [0.15, 0.2) is 55.1 Å². The quantitative estimate of drug-likeness (QED) is 0.756. The third-order valence-corrected chi connectivity index (χ3v) is 4.13. The van der Waals surface area contributed by atoms with Gasteiger partial charge in [0.2, 0.25) is 5.82 Å². The summed E-state index contributed by atoms with van der Waals surface area (Å²) in [4.78, 5) is 24.4. The first kappa shape index (κ1) is 17.6. The molecule has 0 saturated heterocycles. The molecule has 1 aromatic carbocycles. The van der Waals surface area contributed by atoms with Gasteiger partial charge in [0.25, 0.3) is 5.91 Å². The Labute approximate surface area is 151 Å². The fourth-order valence-electron chi connectivity index (χ4n) is 2.45. The van der Waals surface area contributed by atoms with Crippen LogP contribution in [0, 0.1) is 0 Å². The lowest BCUT2D eigenvalue weighted by Gasteiger charge is -2.25. The molecule has 1 amide bonds. The van der Waals surface area contributed by atoms with Crippen LogP contribution in [0.3, 0.4) is 0 Å². The van der Waals surface area contributed by atoms with Gasteiger partial charge in [-0.25, -0.2) is 15.0 Å². The van der Waals surface area contributed by atoms with Crippen LogP contribution in [0.25, 0.3) is 11.4 Å². The zero-order valence-electron chi connectivity index (χ0n) is 14.5. The van der Waals surface area contributed by atoms with E-state index in [9.17, 15) is 4.79 Å². The van der Waals surface area contributed by atoms with Gasteiger partial charge in [-0.2, -0.15) is 0 Å². The van der Waals surface area contributed by atoms with Crippen molar-refractivity contribution >= 4 is 5.91 Å². The van der Waals surface area contributed by atoms with E-state index in [1.165, 1.54) is 6.42 Å². The molecule has 0 radical (unpaired) electrons. The third-order valence-electron chi connectivity index (χ3n) is 4.13. The van der Waals surface area contributed by atoms with E-state index in [-0.39, 0.29) is 17.8 Å². The van der Waals surface area contributed by atoms with Gasteiger partial charge < -0.3 is 15.0 Å². The van der Waals surface area contributed by atoms with Crippen LogP contribution in [0.1, 0.15) is 29.9 Å². The zero-order valence-corrected chi connectivity index (χ0v) is 14.5. The third kappa shape index (κ3) is 4.44. The number of phenolic OH excluding ortho intramolecular Hbond substituents is 1. The molecule has 1 fully saturated rings. The summed E-state index contributed by atoms with van der Waals surface area (Å²) in [6, 6.07) is 10.8. The molecule has 134 valence electrons. The Hall–Kier alpha value is -3.22. The van der Waals surface area contributed by atoms with Gasteiger partial charge in [-0.1, -0.05) is 18.2 Å². The molecule has 2 N–H and O–H groups in total. The number of rotatable bonds is 3. The molecule has 26 heavy (non-hydrogen) atoms. The van der Waals surface area contributed by atoms with E-state index in [2.05, 4.69) is 20.3 Å². The number of para-hydroxylation sites is 1. The van der Waals surface area contributed by atoms with Gasteiger partial charge >= 0.3 is 0 Å². The maximum atomic E-state index is 12.0. The molecule has 3 aromatic rings. The van der Waals surface area contributed by atoms with Gasteiger partial charge in [-0.15, -0.1) is 0 Å². The van der Waals surface area contributed by atoms with E-state index in [0.29, 0.717) is 11.4 Å². The van der Waals surface area contributed by atoms with Crippen LogP contribution in [0.2, 0.25) is 0 Å². The van der Waals surface area contributed by atoms with E-state index >= 15 is 0 Å². The Bertz CT molecular complexity index is 859. The van der Waals surface area contributed by atoms with Crippen molar-refractivity contribution in [3.8, 4) is 17.1 Å². The fraction of sp³-hybridized carbons (Fsp3) is 0.263. The van der Waals surface area contributed by atoms with Crippen LogP contribution >= 0.6 is 0 Å². The highest BCUT2D eigenvalue weighted by atomic mass is 16.3. The van der Waals surface area contributed by atoms with E-state index in [0.717, 1.165) is 18.5 Å². The predicted molar refractivity (Wildman–Crippen MR) is 97.4 cm³/mol. The summed E-state index contributed by atoms with van der Waals surface area (Å²) in [6.07, 6.45) is 8.30. The fourth-order valence-corrected chi connectivity index (χ4v) is 2.45. The Morgan fingerprint density at radius 3 is 2.54 bits per heavy atom. The van der Waals surface area contributed by atoms with Crippen molar-refractivity contribution in [3.05, 3.63) is 60.9 Å². The van der Waals surface area contributed by atoms with Gasteiger partial charge in [0.15, 0.2) is 0 Å². The second-order valence-corrected chi connectivity index (χ2v) is 6.09. The maximum absolute atomic E-state index is 12.0. The average Bonchev–Trinajstić information content (AvgIpc) is 3.05. The van der Waals surface area contributed by atoms with Crippen molar-refractivity contribution in [3.63, 3.8) is 0 Å². The molecule has 0 atom stereocenters. The highest BCUT2D eigenvalue weighted by molar-refractivity contribution is 5.91. The van der Waals surface area contributed by atoms with Crippen molar-refractivity contribution in [2.75, 3.05) is 0 Å². The summed E-state index contributed by atoms with van der Waals surface area (Å²) < 4.78 is 1.86. The van der Waals surface area contributed by atoms with Gasteiger partial charge in [-0.3, -0.25) is 4.79 Å². The highest BCUT2D eigenvalue weighted by Crippen LogP contribution is 2.19. The first-order valence-electron chi connectivity index (χ1n) is 8.48. The summed E-state index contributed by atoms with van der Waals surface area (Å²) in [6.45, 7) is 0. The second-order valence-electron chi connectivity index (χ2n) is 6.09. The number of aromatic hydroxyl groups is 1. The molecule has 0 bridgehead atoms. The minimum Gasteiger partial charge on any atom is -0.508 e. The largest absolute Gasteiger partial charge is 0.508 e. The number of benzene rings is 1. The Kier molecular flexibility index (Phi) is 5.58. The zero-order chi connectivity index (χ0) is 18.4. The molecule has 0 spiro atoms. The van der Waals surface area contributed by atoms with Gasteiger partial charge in [0, 0.05) is 19.3 Å². The number of aromatic nitrogens is 4. The van der Waals surface area contributed by atoms with Crippen LogP contribution in [-0.2, 0) is 7.05 Å². The average molecular weight is 351 g/mol. The van der Waals surface area contributed by atoms with Crippen molar-refractivity contribution in [1.29, 1.82) is 0 Å². The molecule has 7 nitrogen and oxygen atoms in total. The van der Waals surface area contributed by atoms with Crippen LogP contribution < -0.4 is 5.32 Å². The second kappa shape index (κ2) is 8.24. The number of nitrogens with zero attached hydrogens (tertiary/aromatic N) is 4. The lowest BCUT2D eigenvalue weighted by Crippen LogP contribution is -2.40. The van der Waals surface area contributed by atoms with E-state index in [1.807, 2.05) is 17.7 Å². The van der Waals surface area contributed by atoms with Crippen LogP contribution in [0.5, 0.6) is 5.75 Å². The topological polar surface area (TPSA) is 92.9 Å². The molecule has 2 heterocycles. The minimum atomic E-state index is -0.200. The number of carbonyl (C=O) groups is 1. The van der Waals surface area contributed by atoms with Gasteiger partial charge in [0.05, 0.1) is 23.9 Å². The van der Waals surface area contributed by atoms with Crippen LogP contribution in [0.4, 0.5) is 0 Å². The van der Waals surface area contributed by atoms with Crippen molar-refractivity contribution in [2.45, 2.75) is 25.3 Å². The number of hydrogen-bond donors (Lipinski definition) is 2. The van der Waals surface area contributed by atoms with Gasteiger partial charge in [-0.05, 0) is 37.5 Å². The number of hydrogen-bond acceptors (Lipinski definition) is 5. The summed E-state index contributed by atoms with van der Waals surface area (Å²) in [5.41, 5.74) is 1.56. The van der Waals surface area contributed by atoms with E-state index in [1.54, 1.807) is 49.1 Å². The molecule has 1 saturated carbocycles. The monoisotopic (exact) mass is 351 g/mol. The van der Waals surface area contributed by atoms with E-state index in [4.69, 9.17) is 5.11 Å². The molecule has 1 aliphatic rings. The summed E-state index contributed by atoms with van der Waals surface area (Å²) >= 11 is 0. The van der Waals surface area contributed by atoms with Crippen molar-refractivity contribution in [2.24, 2.45) is 7.05 Å². The molecule has 1 aliphatic carbocycles. The molecule has 0 unspecified atom stereocenters. The Morgan fingerprint density at radius 2 is 2.00 bits per heavy atom. The van der Waals surface area contributed by atoms with Crippen molar-refractivity contribution < 1.29 is 9.90 Å². The van der Waals surface area contributed by atoms with E-state index < -0.39 is 0 Å². The molecule has 2 aromatic heterocycles. The lowest BCUT2D eigenvalue weighted by atomic mass is 9.93. The Balaban J connectivity index is 0.000000236. The smallest absolute Gasteiger partial charge is 0.289 e. The number of phenols is 1. The molecule has 7 heteroatoms. The maximum Gasteiger partial charge on any atom is 0.289 e. The molecule has 4 rings (SSSR count). The normalized spacial score (nSPS) is 13.3. The van der Waals surface area contributed by atoms with Crippen molar-refractivity contribution in [1.82, 2.24) is 24.8 Å². The summed E-state index contributed by atoms with van der Waals surface area (Å²) in [5, 5.41) is 11.6. The number of nitrogens with one attached hydrogen (secondary N) is 1. The lowest BCUT2D eigenvalue weighted by molar-refractivity contribution is 0.0906. The predicted octanol–water partition coefficient (Wildman–Crippen LogP) is 2.55. The SMILES string of the molecule is Cn1cncc1-c1ccnc(C(=O)NC2CCC2)n1.Oc1ccccc1. The molecular weight excluding hydrogens is 330 g/mol. The number of amides is 1. The Morgan fingerprint density at radius 1 is 1.23 bits per heavy atom. The summed E-state index contributed by atoms with van der Waals surface area (Å²) in [5.74, 6) is 0.335. The first-order valence-corrected chi connectivity index (χ1v) is 8.48. The standard InChI is InChI=1S/C13H15N5O.C6H6O/c1-18-8-14-7-11(18)10-5-6-15-12(17-10)13(19)16-9-3-2-4-9;7-6-4-2-1-3-5-6/h5-9H,2-4H2,1H3,(H,16,19);1-5,7H. The first-order chi connectivity index (χ1) is 12.6. The highest BCUT2D eigenvalue weighted by Gasteiger charge is 2.21. The van der Waals surface area contributed by atoms with Gasteiger partial charge in [0.1, 0.15) is 5.75 Å². The van der Waals surface area contributed by atoms with Crippen LogP contribution in [-0.4, -0.2) is 36.6 Å². The molecular formula is C19H21N5O2. The number of aryl methyl sites for hydroxylation is 1. The minimum absolute atomic E-state index is 0.200. The molecule has 0 aliphatic heterocycles. The number of imidazole rings is 1.